The van der Waals surface area contributed by atoms with Crippen LogP contribution in [0.3, 0.4) is 0 Å². The molecule has 0 amide bonds. The Labute approximate surface area is 109 Å². The quantitative estimate of drug-likeness (QED) is 0.459. The molecular formula is C12H9Cl3O. The predicted octanol–water partition coefficient (Wildman–Crippen LogP) is 4.20. The van der Waals surface area contributed by atoms with E-state index in [1.807, 2.05) is 36.4 Å². The molecule has 1 rings (SSSR count). The van der Waals surface area contributed by atoms with Crippen LogP contribution in [-0.4, -0.2) is 9.58 Å². The van der Waals surface area contributed by atoms with E-state index in [2.05, 4.69) is 0 Å². The second-order valence-electron chi connectivity index (χ2n) is 2.99. The molecule has 0 fully saturated rings. The van der Waals surface area contributed by atoms with E-state index in [4.69, 9.17) is 34.8 Å². The molecule has 0 saturated heterocycles. The highest BCUT2D eigenvalue weighted by atomic mass is 35.6. The van der Waals surface area contributed by atoms with Gasteiger partial charge in [0, 0.05) is 0 Å². The van der Waals surface area contributed by atoms with Crippen molar-refractivity contribution in [3.63, 3.8) is 0 Å². The van der Waals surface area contributed by atoms with Gasteiger partial charge in [0.2, 0.25) is 5.78 Å². The number of alkyl halides is 3. The Kier molecular flexibility index (Phi) is 5.07. The molecule has 0 saturated carbocycles. The minimum Gasteiger partial charge on any atom is -0.290 e. The molecule has 0 N–H and O–H groups in total. The normalized spacial score (nSPS) is 12.4. The van der Waals surface area contributed by atoms with Crippen LogP contribution in [0.25, 0.3) is 6.08 Å². The van der Waals surface area contributed by atoms with Crippen molar-refractivity contribution in [2.75, 3.05) is 0 Å². The van der Waals surface area contributed by atoms with Gasteiger partial charge in [-0.2, -0.15) is 0 Å². The number of benzene rings is 1. The van der Waals surface area contributed by atoms with Gasteiger partial charge in [-0.3, -0.25) is 4.79 Å². The zero-order valence-electron chi connectivity index (χ0n) is 8.24. The zero-order chi connectivity index (χ0) is 12.0. The highest BCUT2D eigenvalue weighted by molar-refractivity contribution is 6.77. The van der Waals surface area contributed by atoms with Gasteiger partial charge in [0.15, 0.2) is 0 Å². The number of allylic oxidation sites excluding steroid dienone is 3. The number of rotatable bonds is 3. The maximum Gasteiger partial charge on any atom is 0.252 e. The van der Waals surface area contributed by atoms with Crippen molar-refractivity contribution in [3.05, 3.63) is 54.1 Å². The smallest absolute Gasteiger partial charge is 0.252 e. The van der Waals surface area contributed by atoms with E-state index >= 15 is 0 Å². The molecule has 1 nitrogen and oxygen atoms in total. The van der Waals surface area contributed by atoms with Crippen molar-refractivity contribution in [2.24, 2.45) is 0 Å². The van der Waals surface area contributed by atoms with E-state index in [9.17, 15) is 4.79 Å². The number of hydrogen-bond acceptors (Lipinski definition) is 1. The van der Waals surface area contributed by atoms with E-state index in [1.54, 1.807) is 6.08 Å². The Balaban J connectivity index is 2.56. The Morgan fingerprint density at radius 2 is 1.69 bits per heavy atom. The van der Waals surface area contributed by atoms with Crippen molar-refractivity contribution in [1.29, 1.82) is 0 Å². The van der Waals surface area contributed by atoms with Gasteiger partial charge in [0.25, 0.3) is 3.79 Å². The lowest BCUT2D eigenvalue weighted by molar-refractivity contribution is -0.113. The number of carbonyl (C=O) groups is 1. The topological polar surface area (TPSA) is 17.1 Å². The number of ketones is 1. The molecule has 0 aliphatic heterocycles. The molecule has 0 unspecified atom stereocenters. The van der Waals surface area contributed by atoms with Crippen LogP contribution >= 0.6 is 34.8 Å². The fraction of sp³-hybridized carbons (Fsp3) is 0.0833. The van der Waals surface area contributed by atoms with Crippen molar-refractivity contribution >= 4 is 46.7 Å². The van der Waals surface area contributed by atoms with Gasteiger partial charge in [-0.15, -0.1) is 0 Å². The summed E-state index contributed by atoms with van der Waals surface area (Å²) in [7, 11) is 0. The fourth-order valence-corrected chi connectivity index (χ4v) is 1.16. The van der Waals surface area contributed by atoms with Crippen molar-refractivity contribution in [2.45, 2.75) is 3.79 Å². The average molecular weight is 276 g/mol. The summed E-state index contributed by atoms with van der Waals surface area (Å²) in [5.74, 6) is -0.560. The molecule has 0 aliphatic carbocycles. The summed E-state index contributed by atoms with van der Waals surface area (Å²) in [5, 5.41) is 0. The molecular weight excluding hydrogens is 266 g/mol. The monoisotopic (exact) mass is 274 g/mol. The van der Waals surface area contributed by atoms with E-state index in [-0.39, 0.29) is 0 Å². The second kappa shape index (κ2) is 6.09. The standard InChI is InChI=1S/C12H9Cl3O/c13-12(14,15)11(16)9-5-4-8-10-6-2-1-3-7-10/h1-9H/b8-4+,9-5+. The van der Waals surface area contributed by atoms with Crippen LogP contribution in [0.4, 0.5) is 0 Å². The van der Waals surface area contributed by atoms with Gasteiger partial charge >= 0.3 is 0 Å². The van der Waals surface area contributed by atoms with Crippen LogP contribution in [0.15, 0.2) is 48.6 Å². The molecule has 1 aromatic rings. The largest absolute Gasteiger partial charge is 0.290 e. The molecule has 0 heterocycles. The first-order valence-corrected chi connectivity index (χ1v) is 5.64. The highest BCUT2D eigenvalue weighted by Gasteiger charge is 2.27. The van der Waals surface area contributed by atoms with Crippen LogP contribution in [0, 0.1) is 0 Å². The third kappa shape index (κ3) is 4.84. The summed E-state index contributed by atoms with van der Waals surface area (Å²) < 4.78 is -1.88. The van der Waals surface area contributed by atoms with Crippen LogP contribution < -0.4 is 0 Å². The third-order valence-corrected chi connectivity index (χ3v) is 2.29. The molecule has 0 atom stereocenters. The molecule has 4 heteroatoms. The first kappa shape index (κ1) is 13.3. The summed E-state index contributed by atoms with van der Waals surface area (Å²) in [5.41, 5.74) is 1.04. The van der Waals surface area contributed by atoms with Gasteiger partial charge in [-0.1, -0.05) is 83.4 Å². The molecule has 16 heavy (non-hydrogen) atoms. The molecule has 84 valence electrons. The van der Waals surface area contributed by atoms with Gasteiger partial charge in [0.05, 0.1) is 0 Å². The van der Waals surface area contributed by atoms with Crippen molar-refractivity contribution in [1.82, 2.24) is 0 Å². The van der Waals surface area contributed by atoms with Crippen LogP contribution in [0.5, 0.6) is 0 Å². The van der Waals surface area contributed by atoms with Crippen molar-refractivity contribution in [3.8, 4) is 0 Å². The lowest BCUT2D eigenvalue weighted by Crippen LogP contribution is -2.15. The Morgan fingerprint density at radius 3 is 2.25 bits per heavy atom. The lowest BCUT2D eigenvalue weighted by Gasteiger charge is -2.03. The number of hydrogen-bond donors (Lipinski definition) is 0. The number of halogens is 3. The minimum absolute atomic E-state index is 0.560. The summed E-state index contributed by atoms with van der Waals surface area (Å²) in [6.07, 6.45) is 6.33. The maximum atomic E-state index is 11.2. The van der Waals surface area contributed by atoms with Crippen molar-refractivity contribution < 1.29 is 4.79 Å². The predicted molar refractivity (Wildman–Crippen MR) is 69.9 cm³/mol. The summed E-state index contributed by atoms with van der Waals surface area (Å²) in [6, 6.07) is 9.67. The average Bonchev–Trinajstić information content (AvgIpc) is 2.24. The summed E-state index contributed by atoms with van der Waals surface area (Å²) in [4.78, 5) is 11.2. The Bertz CT molecular complexity index is 402. The first-order chi connectivity index (χ1) is 7.50. The lowest BCUT2D eigenvalue weighted by atomic mass is 10.2. The van der Waals surface area contributed by atoms with Gasteiger partial charge in [-0.25, -0.2) is 0 Å². The minimum atomic E-state index is -1.88. The van der Waals surface area contributed by atoms with Crippen LogP contribution in [0.1, 0.15) is 5.56 Å². The SMILES string of the molecule is O=C(/C=C/C=C/c1ccccc1)C(Cl)(Cl)Cl. The molecule has 0 aromatic heterocycles. The van der Waals surface area contributed by atoms with Gasteiger partial charge < -0.3 is 0 Å². The van der Waals surface area contributed by atoms with E-state index < -0.39 is 9.58 Å². The summed E-state index contributed by atoms with van der Waals surface area (Å²) in [6.45, 7) is 0. The van der Waals surface area contributed by atoms with Gasteiger partial charge in [-0.05, 0) is 11.6 Å². The van der Waals surface area contributed by atoms with Crippen LogP contribution in [0.2, 0.25) is 0 Å². The molecule has 0 spiro atoms. The molecule has 1 aromatic carbocycles. The summed E-state index contributed by atoms with van der Waals surface area (Å²) >= 11 is 16.2. The first-order valence-electron chi connectivity index (χ1n) is 4.51. The molecule has 0 radical (unpaired) electrons. The fourth-order valence-electron chi connectivity index (χ4n) is 0.968. The maximum absolute atomic E-state index is 11.2. The number of carbonyl (C=O) groups excluding carboxylic acids is 1. The highest BCUT2D eigenvalue weighted by Crippen LogP contribution is 2.27. The van der Waals surface area contributed by atoms with E-state index in [0.29, 0.717) is 0 Å². The van der Waals surface area contributed by atoms with E-state index in [1.165, 1.54) is 12.2 Å². The second-order valence-corrected chi connectivity index (χ2v) is 5.27. The van der Waals surface area contributed by atoms with Crippen LogP contribution in [-0.2, 0) is 4.79 Å². The molecule has 0 aliphatic rings. The Morgan fingerprint density at radius 1 is 1.06 bits per heavy atom. The zero-order valence-corrected chi connectivity index (χ0v) is 10.5. The Hall–Kier alpha value is -0.760. The molecule has 0 bridgehead atoms. The van der Waals surface area contributed by atoms with Gasteiger partial charge in [0.1, 0.15) is 0 Å². The van der Waals surface area contributed by atoms with E-state index in [0.717, 1.165) is 5.56 Å². The third-order valence-electron chi connectivity index (χ3n) is 1.73.